The molecule has 0 atom stereocenters. The second-order valence-corrected chi connectivity index (χ2v) is 8.15. The first-order valence-corrected chi connectivity index (χ1v) is 11.0. The highest BCUT2D eigenvalue weighted by molar-refractivity contribution is 7.92. The summed E-state index contributed by atoms with van der Waals surface area (Å²) in [6.45, 7) is 3.47. The molecule has 0 aliphatic carbocycles. The summed E-state index contributed by atoms with van der Waals surface area (Å²) in [7, 11) is -0.809. The Hall–Kier alpha value is -3.53. The third-order valence-electron chi connectivity index (χ3n) is 3.99. The summed E-state index contributed by atoms with van der Waals surface area (Å²) in [6, 6.07) is 11.6. The minimum absolute atomic E-state index is 0.256. The first-order valence-electron chi connectivity index (χ1n) is 9.14. The number of hydrogen-bond acceptors (Lipinski definition) is 7. The molecule has 0 heterocycles. The summed E-state index contributed by atoms with van der Waals surface area (Å²) in [5.74, 6) is 0.751. The number of anilines is 1. The molecule has 0 fully saturated rings. The summed E-state index contributed by atoms with van der Waals surface area (Å²) in [5, 5.41) is 3.89. The van der Waals surface area contributed by atoms with Crippen molar-refractivity contribution in [3.8, 4) is 17.2 Å². The molecular weight excluding hydrogens is 422 g/mol. The summed E-state index contributed by atoms with van der Waals surface area (Å²) < 4.78 is 41.4. The molecule has 31 heavy (non-hydrogen) atoms. The molecule has 166 valence electrons. The number of carbonyl (C=O) groups excluding carboxylic acids is 1. The molecule has 0 spiro atoms. The minimum atomic E-state index is -3.74. The van der Waals surface area contributed by atoms with Crippen LogP contribution in [0.2, 0.25) is 0 Å². The van der Waals surface area contributed by atoms with E-state index in [9.17, 15) is 13.2 Å². The molecule has 2 aromatic rings. The molecule has 1 N–H and O–H groups in total. The van der Waals surface area contributed by atoms with E-state index in [1.165, 1.54) is 20.4 Å². The maximum absolute atomic E-state index is 12.3. The molecule has 10 heteroatoms. The van der Waals surface area contributed by atoms with Crippen LogP contribution in [0.3, 0.4) is 0 Å². The fourth-order valence-electron chi connectivity index (χ4n) is 2.59. The van der Waals surface area contributed by atoms with E-state index < -0.39 is 22.5 Å². The largest absolute Gasteiger partial charge is 0.495 e. The van der Waals surface area contributed by atoms with Crippen LogP contribution < -0.4 is 23.9 Å². The Bertz CT molecular complexity index is 1050. The molecule has 0 unspecified atom stereocenters. The van der Waals surface area contributed by atoms with Crippen LogP contribution in [0.4, 0.5) is 5.69 Å². The van der Waals surface area contributed by atoms with Crippen LogP contribution in [-0.2, 0) is 14.8 Å². The summed E-state index contributed by atoms with van der Waals surface area (Å²) >= 11 is 0. The number of carbonyl (C=O) groups is 1. The number of rotatable bonds is 11. The molecular formula is C21H25N3O6S. The monoisotopic (exact) mass is 447 g/mol. The van der Waals surface area contributed by atoms with Crippen molar-refractivity contribution >= 4 is 27.8 Å². The standard InChI is InChI=1S/C21H25N3O6S/c1-5-12-30-19-11-10-16(13-20(19)29-3)14-22-23-21(25)15-24(31(4,26)27)17-8-6-7-9-18(17)28-2/h5-11,13-14H,1,12,15H2,2-4H3,(H,23,25)/b22-14+. The number of nitrogens with one attached hydrogen (secondary N) is 1. The number of sulfonamides is 1. The van der Waals surface area contributed by atoms with E-state index in [4.69, 9.17) is 14.2 Å². The Morgan fingerprint density at radius 1 is 1.13 bits per heavy atom. The van der Waals surface area contributed by atoms with Crippen LogP contribution in [0.25, 0.3) is 0 Å². The normalized spacial score (nSPS) is 11.1. The van der Waals surface area contributed by atoms with Crippen molar-refractivity contribution in [2.75, 3.05) is 37.9 Å². The highest BCUT2D eigenvalue weighted by Gasteiger charge is 2.23. The van der Waals surface area contributed by atoms with Crippen molar-refractivity contribution in [1.82, 2.24) is 5.43 Å². The maximum Gasteiger partial charge on any atom is 0.260 e. The van der Waals surface area contributed by atoms with Gasteiger partial charge in [0.1, 0.15) is 18.9 Å². The smallest absolute Gasteiger partial charge is 0.260 e. The van der Waals surface area contributed by atoms with E-state index in [2.05, 4.69) is 17.1 Å². The Balaban J connectivity index is 2.10. The third-order valence-corrected chi connectivity index (χ3v) is 5.12. The number of methoxy groups -OCH3 is 2. The van der Waals surface area contributed by atoms with Gasteiger partial charge in [0.2, 0.25) is 10.0 Å². The number of para-hydroxylation sites is 2. The van der Waals surface area contributed by atoms with Gasteiger partial charge in [0.15, 0.2) is 11.5 Å². The Labute approximate surface area is 182 Å². The number of nitrogens with zero attached hydrogens (tertiary/aromatic N) is 2. The molecule has 2 rings (SSSR count). The van der Waals surface area contributed by atoms with Gasteiger partial charge in [-0.3, -0.25) is 9.10 Å². The van der Waals surface area contributed by atoms with Gasteiger partial charge in [-0.05, 0) is 35.9 Å². The molecule has 2 aromatic carbocycles. The van der Waals surface area contributed by atoms with Crippen molar-refractivity contribution in [3.05, 3.63) is 60.7 Å². The predicted molar refractivity (Wildman–Crippen MR) is 120 cm³/mol. The molecule has 9 nitrogen and oxygen atoms in total. The lowest BCUT2D eigenvalue weighted by atomic mass is 10.2. The molecule has 0 aromatic heterocycles. The van der Waals surface area contributed by atoms with Crippen LogP contribution >= 0.6 is 0 Å². The lowest BCUT2D eigenvalue weighted by Gasteiger charge is -2.23. The van der Waals surface area contributed by atoms with E-state index in [1.807, 2.05) is 0 Å². The average Bonchev–Trinajstić information content (AvgIpc) is 2.75. The van der Waals surface area contributed by atoms with E-state index in [-0.39, 0.29) is 5.69 Å². The highest BCUT2D eigenvalue weighted by atomic mass is 32.2. The number of hydrogen-bond donors (Lipinski definition) is 1. The van der Waals surface area contributed by atoms with Gasteiger partial charge < -0.3 is 14.2 Å². The molecule has 0 saturated carbocycles. The lowest BCUT2D eigenvalue weighted by molar-refractivity contribution is -0.119. The van der Waals surface area contributed by atoms with Gasteiger partial charge >= 0.3 is 0 Å². The van der Waals surface area contributed by atoms with Gasteiger partial charge in [-0.1, -0.05) is 24.8 Å². The predicted octanol–water partition coefficient (Wildman–Crippen LogP) is 2.18. The number of hydrazone groups is 1. The molecule has 0 aliphatic rings. The van der Waals surface area contributed by atoms with E-state index in [0.29, 0.717) is 29.4 Å². The highest BCUT2D eigenvalue weighted by Crippen LogP contribution is 2.29. The number of amides is 1. The summed E-state index contributed by atoms with van der Waals surface area (Å²) in [4.78, 5) is 12.3. The van der Waals surface area contributed by atoms with Crippen molar-refractivity contribution in [3.63, 3.8) is 0 Å². The van der Waals surface area contributed by atoms with Crippen molar-refractivity contribution < 1.29 is 27.4 Å². The van der Waals surface area contributed by atoms with Gasteiger partial charge in [-0.15, -0.1) is 0 Å². The fraction of sp³-hybridized carbons (Fsp3) is 0.238. The van der Waals surface area contributed by atoms with Gasteiger partial charge in [0, 0.05) is 0 Å². The van der Waals surface area contributed by atoms with E-state index in [1.54, 1.807) is 48.5 Å². The van der Waals surface area contributed by atoms with Gasteiger partial charge in [-0.2, -0.15) is 5.10 Å². The third kappa shape index (κ3) is 6.75. The zero-order valence-corrected chi connectivity index (χ0v) is 18.4. The van der Waals surface area contributed by atoms with Crippen molar-refractivity contribution in [1.29, 1.82) is 0 Å². The SMILES string of the molecule is C=CCOc1ccc(/C=N/NC(=O)CN(c2ccccc2OC)S(C)(=O)=O)cc1OC. The topological polar surface area (TPSA) is 107 Å². The Morgan fingerprint density at radius 3 is 2.48 bits per heavy atom. The minimum Gasteiger partial charge on any atom is -0.495 e. The van der Waals surface area contributed by atoms with Crippen LogP contribution in [0, 0.1) is 0 Å². The van der Waals surface area contributed by atoms with E-state index in [0.717, 1.165) is 10.6 Å². The Kier molecular flexibility index (Phi) is 8.44. The van der Waals surface area contributed by atoms with Crippen molar-refractivity contribution in [2.24, 2.45) is 5.10 Å². The zero-order chi connectivity index (χ0) is 22.9. The first kappa shape index (κ1) is 23.7. The zero-order valence-electron chi connectivity index (χ0n) is 17.6. The second-order valence-electron chi connectivity index (χ2n) is 6.24. The van der Waals surface area contributed by atoms with Crippen LogP contribution in [0.5, 0.6) is 17.2 Å². The molecule has 0 bridgehead atoms. The van der Waals surface area contributed by atoms with E-state index >= 15 is 0 Å². The quantitative estimate of drug-likeness (QED) is 0.322. The Morgan fingerprint density at radius 2 is 1.84 bits per heavy atom. The maximum atomic E-state index is 12.3. The number of ether oxygens (including phenoxy) is 3. The summed E-state index contributed by atoms with van der Waals surface area (Å²) in [6.07, 6.45) is 4.04. The van der Waals surface area contributed by atoms with Crippen LogP contribution in [0.1, 0.15) is 5.56 Å². The second kappa shape index (κ2) is 11.0. The lowest BCUT2D eigenvalue weighted by Crippen LogP contribution is -2.39. The summed E-state index contributed by atoms with van der Waals surface area (Å²) in [5.41, 5.74) is 3.23. The number of benzene rings is 2. The first-order chi connectivity index (χ1) is 14.8. The van der Waals surface area contributed by atoms with Crippen LogP contribution in [-0.4, -0.2) is 54.2 Å². The van der Waals surface area contributed by atoms with Gasteiger partial charge in [-0.25, -0.2) is 13.8 Å². The van der Waals surface area contributed by atoms with Gasteiger partial charge in [0.05, 0.1) is 32.4 Å². The molecule has 0 radical (unpaired) electrons. The molecule has 0 aliphatic heterocycles. The van der Waals surface area contributed by atoms with Gasteiger partial charge in [0.25, 0.3) is 5.91 Å². The average molecular weight is 448 g/mol. The molecule has 1 amide bonds. The molecule has 0 saturated heterocycles. The van der Waals surface area contributed by atoms with Crippen molar-refractivity contribution in [2.45, 2.75) is 0 Å². The fourth-order valence-corrected chi connectivity index (χ4v) is 3.45. The van der Waals surface area contributed by atoms with Crippen LogP contribution in [0.15, 0.2) is 60.2 Å².